The molecule has 0 unspecified atom stereocenters. The number of anilines is 1. The smallest absolute Gasteiger partial charge is 0.141 e. The summed E-state index contributed by atoms with van der Waals surface area (Å²) in [5.41, 5.74) is 0.885. The van der Waals surface area contributed by atoms with Gasteiger partial charge in [0.15, 0.2) is 0 Å². The fraction of sp³-hybridized carbons (Fsp3) is 0.357. The first-order valence-corrected chi connectivity index (χ1v) is 7.11. The zero-order valence-corrected chi connectivity index (χ0v) is 12.0. The molecule has 0 fully saturated rings. The first-order valence-electron chi connectivity index (χ1n) is 6.23. The van der Waals surface area contributed by atoms with Crippen molar-refractivity contribution in [1.29, 1.82) is 0 Å². The van der Waals surface area contributed by atoms with Gasteiger partial charge in [0.25, 0.3) is 0 Å². The SMILES string of the molecule is CNCc1cc(F)cnc1N(C)CCc1cccs1. The van der Waals surface area contributed by atoms with E-state index in [9.17, 15) is 4.39 Å². The lowest BCUT2D eigenvalue weighted by Gasteiger charge is -2.21. The Kier molecular flexibility index (Phi) is 4.87. The van der Waals surface area contributed by atoms with Crippen LogP contribution in [0.25, 0.3) is 0 Å². The summed E-state index contributed by atoms with van der Waals surface area (Å²) >= 11 is 1.76. The van der Waals surface area contributed by atoms with Crippen LogP contribution in [0.3, 0.4) is 0 Å². The predicted molar refractivity (Wildman–Crippen MR) is 78.3 cm³/mol. The lowest BCUT2D eigenvalue weighted by Crippen LogP contribution is -2.24. The van der Waals surface area contributed by atoms with Crippen LogP contribution < -0.4 is 10.2 Å². The highest BCUT2D eigenvalue weighted by Crippen LogP contribution is 2.18. The average Bonchev–Trinajstić information content (AvgIpc) is 2.90. The molecule has 0 saturated heterocycles. The van der Waals surface area contributed by atoms with E-state index < -0.39 is 0 Å². The molecule has 2 aromatic rings. The number of thiophene rings is 1. The number of aromatic nitrogens is 1. The molecule has 5 heteroatoms. The Morgan fingerprint density at radius 3 is 3.00 bits per heavy atom. The molecule has 102 valence electrons. The number of nitrogens with zero attached hydrogens (tertiary/aromatic N) is 2. The number of hydrogen-bond acceptors (Lipinski definition) is 4. The minimum absolute atomic E-state index is 0.291. The van der Waals surface area contributed by atoms with Crippen molar-refractivity contribution in [1.82, 2.24) is 10.3 Å². The summed E-state index contributed by atoms with van der Waals surface area (Å²) in [6.07, 6.45) is 2.25. The van der Waals surface area contributed by atoms with Crippen molar-refractivity contribution >= 4 is 17.2 Å². The van der Waals surface area contributed by atoms with Gasteiger partial charge in [-0.2, -0.15) is 0 Å². The van der Waals surface area contributed by atoms with Gasteiger partial charge in [0.1, 0.15) is 11.6 Å². The molecule has 0 amide bonds. The predicted octanol–water partition coefficient (Wildman–Crippen LogP) is 2.68. The number of nitrogens with one attached hydrogen (secondary N) is 1. The second-order valence-corrected chi connectivity index (χ2v) is 5.45. The molecule has 0 bridgehead atoms. The molecule has 2 rings (SSSR count). The highest BCUT2D eigenvalue weighted by molar-refractivity contribution is 7.09. The van der Waals surface area contributed by atoms with E-state index in [0.717, 1.165) is 24.3 Å². The highest BCUT2D eigenvalue weighted by atomic mass is 32.1. The molecule has 19 heavy (non-hydrogen) atoms. The Morgan fingerprint density at radius 2 is 2.32 bits per heavy atom. The van der Waals surface area contributed by atoms with Gasteiger partial charge in [-0.05, 0) is 31.0 Å². The van der Waals surface area contributed by atoms with E-state index in [1.54, 1.807) is 17.4 Å². The monoisotopic (exact) mass is 279 g/mol. The molecule has 0 aliphatic heterocycles. The van der Waals surface area contributed by atoms with E-state index in [-0.39, 0.29) is 5.82 Å². The third-order valence-electron chi connectivity index (χ3n) is 2.91. The summed E-state index contributed by atoms with van der Waals surface area (Å²) in [5, 5.41) is 5.13. The Labute approximate surface area is 117 Å². The largest absolute Gasteiger partial charge is 0.359 e. The summed E-state index contributed by atoms with van der Waals surface area (Å²) in [6.45, 7) is 1.49. The van der Waals surface area contributed by atoms with Gasteiger partial charge in [-0.25, -0.2) is 9.37 Å². The van der Waals surface area contributed by atoms with E-state index in [1.807, 2.05) is 14.1 Å². The van der Waals surface area contributed by atoms with Crippen molar-refractivity contribution in [2.45, 2.75) is 13.0 Å². The molecule has 0 atom stereocenters. The van der Waals surface area contributed by atoms with Crippen molar-refractivity contribution in [2.24, 2.45) is 0 Å². The third-order valence-corrected chi connectivity index (χ3v) is 3.85. The van der Waals surface area contributed by atoms with E-state index in [2.05, 4.69) is 32.7 Å². The molecule has 0 spiro atoms. The molecule has 0 aromatic carbocycles. The Hall–Kier alpha value is -1.46. The molecule has 0 radical (unpaired) electrons. The van der Waals surface area contributed by atoms with Gasteiger partial charge in [-0.15, -0.1) is 11.3 Å². The topological polar surface area (TPSA) is 28.2 Å². The maximum Gasteiger partial charge on any atom is 0.141 e. The van der Waals surface area contributed by atoms with Crippen LogP contribution in [0, 0.1) is 5.82 Å². The second kappa shape index (κ2) is 6.63. The number of likely N-dealkylation sites (N-methyl/N-ethyl adjacent to an activating group) is 1. The first kappa shape index (κ1) is 14.0. The van der Waals surface area contributed by atoms with Crippen LogP contribution in [0.1, 0.15) is 10.4 Å². The van der Waals surface area contributed by atoms with Crippen LogP contribution in [0.4, 0.5) is 10.2 Å². The van der Waals surface area contributed by atoms with Gasteiger partial charge < -0.3 is 10.2 Å². The van der Waals surface area contributed by atoms with E-state index >= 15 is 0 Å². The van der Waals surface area contributed by atoms with E-state index in [4.69, 9.17) is 0 Å². The molecule has 0 saturated carbocycles. The summed E-state index contributed by atoms with van der Waals surface area (Å²) < 4.78 is 13.2. The Bertz CT molecular complexity index is 513. The normalized spacial score (nSPS) is 10.7. The van der Waals surface area contributed by atoms with Crippen LogP contribution in [-0.2, 0) is 13.0 Å². The van der Waals surface area contributed by atoms with Crippen molar-refractivity contribution in [3.63, 3.8) is 0 Å². The van der Waals surface area contributed by atoms with Crippen molar-refractivity contribution in [2.75, 3.05) is 25.5 Å². The van der Waals surface area contributed by atoms with Crippen molar-refractivity contribution in [3.8, 4) is 0 Å². The number of halogens is 1. The second-order valence-electron chi connectivity index (χ2n) is 4.42. The molecular formula is C14H18FN3S. The van der Waals surface area contributed by atoms with Gasteiger partial charge in [-0.3, -0.25) is 0 Å². The van der Waals surface area contributed by atoms with Crippen LogP contribution >= 0.6 is 11.3 Å². The van der Waals surface area contributed by atoms with Crippen LogP contribution in [-0.4, -0.2) is 25.6 Å². The zero-order valence-electron chi connectivity index (χ0n) is 11.2. The standard InChI is InChI=1S/C14H18FN3S/c1-16-9-11-8-12(15)10-17-14(11)18(2)6-5-13-4-3-7-19-13/h3-4,7-8,10,16H,5-6,9H2,1-2H3. The van der Waals surface area contributed by atoms with Gasteiger partial charge >= 0.3 is 0 Å². The first-order chi connectivity index (χ1) is 9.20. The van der Waals surface area contributed by atoms with Gasteiger partial charge in [0.05, 0.1) is 6.20 Å². The lowest BCUT2D eigenvalue weighted by molar-refractivity contribution is 0.615. The Morgan fingerprint density at radius 1 is 1.47 bits per heavy atom. The fourth-order valence-electron chi connectivity index (χ4n) is 1.98. The molecule has 2 heterocycles. The quantitative estimate of drug-likeness (QED) is 0.881. The molecule has 0 aliphatic rings. The number of hydrogen-bond donors (Lipinski definition) is 1. The number of pyridine rings is 1. The Balaban J connectivity index is 2.07. The molecule has 1 N–H and O–H groups in total. The minimum Gasteiger partial charge on any atom is -0.359 e. The van der Waals surface area contributed by atoms with Crippen molar-refractivity contribution < 1.29 is 4.39 Å². The maximum atomic E-state index is 13.2. The minimum atomic E-state index is -0.291. The summed E-state index contributed by atoms with van der Waals surface area (Å²) in [5.74, 6) is 0.549. The lowest BCUT2D eigenvalue weighted by atomic mass is 10.2. The molecule has 0 aliphatic carbocycles. The van der Waals surface area contributed by atoms with E-state index in [0.29, 0.717) is 6.54 Å². The van der Waals surface area contributed by atoms with E-state index in [1.165, 1.54) is 11.1 Å². The van der Waals surface area contributed by atoms with Crippen molar-refractivity contribution in [3.05, 3.63) is 46.0 Å². The molecular weight excluding hydrogens is 261 g/mol. The average molecular weight is 279 g/mol. The fourth-order valence-corrected chi connectivity index (χ4v) is 2.68. The van der Waals surface area contributed by atoms with Gasteiger partial charge in [-0.1, -0.05) is 6.07 Å². The van der Waals surface area contributed by atoms with Gasteiger partial charge in [0.2, 0.25) is 0 Å². The summed E-state index contributed by atoms with van der Waals surface area (Å²) in [4.78, 5) is 7.64. The van der Waals surface area contributed by atoms with Crippen LogP contribution in [0.5, 0.6) is 0 Å². The van der Waals surface area contributed by atoms with Crippen LogP contribution in [0.15, 0.2) is 29.8 Å². The summed E-state index contributed by atoms with van der Waals surface area (Å²) in [6, 6.07) is 5.73. The summed E-state index contributed by atoms with van der Waals surface area (Å²) in [7, 11) is 3.84. The van der Waals surface area contributed by atoms with Gasteiger partial charge in [0, 0.05) is 30.6 Å². The maximum absolute atomic E-state index is 13.2. The number of rotatable bonds is 6. The highest BCUT2D eigenvalue weighted by Gasteiger charge is 2.10. The zero-order chi connectivity index (χ0) is 13.7. The molecule has 3 nitrogen and oxygen atoms in total. The van der Waals surface area contributed by atoms with Crippen LogP contribution in [0.2, 0.25) is 0 Å². The third kappa shape index (κ3) is 3.75. The molecule has 2 aromatic heterocycles.